The Morgan fingerprint density at radius 2 is 2.54 bits per heavy atom. The number of nitrogens with two attached hydrogens (primary N) is 1. The van der Waals surface area contributed by atoms with E-state index in [0.29, 0.717) is 13.2 Å². The van der Waals surface area contributed by atoms with Gasteiger partial charge in [-0.05, 0) is 6.92 Å². The summed E-state index contributed by atoms with van der Waals surface area (Å²) >= 11 is 0. The number of aromatic nitrogens is 2. The first-order valence-corrected chi connectivity index (χ1v) is 4.29. The fourth-order valence-corrected chi connectivity index (χ4v) is 1.16. The first-order chi connectivity index (χ1) is 6.29. The Hall–Kier alpha value is -0.910. The highest BCUT2D eigenvalue weighted by Crippen LogP contribution is 2.10. The lowest BCUT2D eigenvalue weighted by Crippen LogP contribution is -2.32. The molecule has 0 amide bonds. The molecule has 0 radical (unpaired) electrons. The normalized spacial score (nSPS) is 13.2. The lowest BCUT2D eigenvalue weighted by molar-refractivity contribution is 0.121. The van der Waals surface area contributed by atoms with Crippen molar-refractivity contribution in [1.29, 1.82) is 0 Å². The van der Waals surface area contributed by atoms with Gasteiger partial charge in [0.15, 0.2) is 0 Å². The van der Waals surface area contributed by atoms with Crippen molar-refractivity contribution in [2.45, 2.75) is 13.0 Å². The molecule has 74 valence electrons. The van der Waals surface area contributed by atoms with Crippen LogP contribution in [0.3, 0.4) is 0 Å². The molecule has 1 aromatic rings. The Balaban J connectivity index is 2.61. The highest BCUT2D eigenvalue weighted by Gasteiger charge is 2.12. The number of imidazole rings is 1. The predicted molar refractivity (Wildman–Crippen MR) is 49.8 cm³/mol. The maximum atomic E-state index is 5.40. The third-order valence-corrected chi connectivity index (χ3v) is 1.90. The molecule has 1 rings (SSSR count). The second-order valence-corrected chi connectivity index (χ2v) is 2.81. The topological polar surface area (TPSA) is 65.1 Å². The summed E-state index contributed by atoms with van der Waals surface area (Å²) in [5.41, 5.74) is 3.72. The molecule has 0 aromatic carbocycles. The third kappa shape index (κ3) is 2.51. The van der Waals surface area contributed by atoms with E-state index in [2.05, 4.69) is 10.4 Å². The second-order valence-electron chi connectivity index (χ2n) is 2.81. The van der Waals surface area contributed by atoms with Crippen molar-refractivity contribution in [2.24, 2.45) is 12.9 Å². The zero-order valence-electron chi connectivity index (χ0n) is 8.03. The number of nitrogens with one attached hydrogen (secondary N) is 1. The molecule has 0 aliphatic heterocycles. The van der Waals surface area contributed by atoms with Crippen LogP contribution in [0.1, 0.15) is 18.7 Å². The SMILES string of the molecule is CCOCC(NN)c1cncn1C. The minimum atomic E-state index is 0.00690. The van der Waals surface area contributed by atoms with E-state index in [1.165, 1.54) is 0 Å². The first kappa shape index (κ1) is 10.2. The van der Waals surface area contributed by atoms with E-state index < -0.39 is 0 Å². The van der Waals surface area contributed by atoms with Crippen molar-refractivity contribution in [3.8, 4) is 0 Å². The van der Waals surface area contributed by atoms with E-state index in [1.54, 1.807) is 12.5 Å². The molecule has 5 nitrogen and oxygen atoms in total. The number of hydrogen-bond acceptors (Lipinski definition) is 4. The van der Waals surface area contributed by atoms with Crippen LogP contribution in [0.2, 0.25) is 0 Å². The second kappa shape index (κ2) is 4.96. The van der Waals surface area contributed by atoms with Crippen LogP contribution in [-0.4, -0.2) is 22.8 Å². The van der Waals surface area contributed by atoms with Crippen molar-refractivity contribution < 1.29 is 4.74 Å². The van der Waals surface area contributed by atoms with Gasteiger partial charge in [-0.2, -0.15) is 0 Å². The van der Waals surface area contributed by atoms with Crippen molar-refractivity contribution in [3.05, 3.63) is 18.2 Å². The molecule has 0 aliphatic carbocycles. The molecular weight excluding hydrogens is 168 g/mol. The van der Waals surface area contributed by atoms with Crippen LogP contribution in [0.5, 0.6) is 0 Å². The number of rotatable bonds is 5. The van der Waals surface area contributed by atoms with Crippen LogP contribution in [0.4, 0.5) is 0 Å². The molecule has 1 aromatic heterocycles. The molecule has 0 saturated carbocycles. The fraction of sp³-hybridized carbons (Fsp3) is 0.625. The van der Waals surface area contributed by atoms with Gasteiger partial charge in [0.05, 0.1) is 24.7 Å². The highest BCUT2D eigenvalue weighted by atomic mass is 16.5. The highest BCUT2D eigenvalue weighted by molar-refractivity contribution is 5.04. The van der Waals surface area contributed by atoms with Gasteiger partial charge >= 0.3 is 0 Å². The molecule has 0 saturated heterocycles. The van der Waals surface area contributed by atoms with Gasteiger partial charge in [-0.15, -0.1) is 0 Å². The molecule has 0 bridgehead atoms. The molecule has 1 heterocycles. The van der Waals surface area contributed by atoms with Crippen molar-refractivity contribution in [2.75, 3.05) is 13.2 Å². The van der Waals surface area contributed by atoms with Gasteiger partial charge in [-0.1, -0.05) is 0 Å². The minimum absolute atomic E-state index is 0.00690. The minimum Gasteiger partial charge on any atom is -0.380 e. The fourth-order valence-electron chi connectivity index (χ4n) is 1.16. The molecule has 0 fully saturated rings. The molecule has 0 aliphatic rings. The summed E-state index contributed by atoms with van der Waals surface area (Å²) in [6.07, 6.45) is 3.52. The number of hydrazine groups is 1. The Labute approximate surface area is 77.9 Å². The molecule has 1 unspecified atom stereocenters. The van der Waals surface area contributed by atoms with Gasteiger partial charge in [0.2, 0.25) is 0 Å². The van der Waals surface area contributed by atoms with Crippen molar-refractivity contribution >= 4 is 0 Å². The number of aryl methyl sites for hydroxylation is 1. The van der Waals surface area contributed by atoms with Gasteiger partial charge in [0, 0.05) is 19.9 Å². The lowest BCUT2D eigenvalue weighted by atomic mass is 10.2. The summed E-state index contributed by atoms with van der Waals surface area (Å²) in [4.78, 5) is 4.01. The summed E-state index contributed by atoms with van der Waals surface area (Å²) in [6.45, 7) is 3.21. The standard InChI is InChI=1S/C8H16N4O/c1-3-13-5-7(11-9)8-4-10-6-12(8)2/h4,6-7,11H,3,5,9H2,1-2H3. The number of ether oxygens (including phenoxy) is 1. The van der Waals surface area contributed by atoms with Gasteiger partial charge in [0.1, 0.15) is 0 Å². The quantitative estimate of drug-likeness (QED) is 0.498. The third-order valence-electron chi connectivity index (χ3n) is 1.90. The number of hydrogen-bond donors (Lipinski definition) is 2. The lowest BCUT2D eigenvalue weighted by Gasteiger charge is -2.15. The summed E-state index contributed by atoms with van der Waals surface area (Å²) in [6, 6.07) is 0.00690. The van der Waals surface area contributed by atoms with Gasteiger partial charge < -0.3 is 9.30 Å². The van der Waals surface area contributed by atoms with Crippen LogP contribution in [0.15, 0.2) is 12.5 Å². The molecular formula is C8H16N4O. The van der Waals surface area contributed by atoms with Gasteiger partial charge in [-0.3, -0.25) is 5.84 Å². The molecule has 1 atom stereocenters. The number of nitrogens with zero attached hydrogens (tertiary/aromatic N) is 2. The van der Waals surface area contributed by atoms with E-state index in [1.807, 2.05) is 18.5 Å². The summed E-state index contributed by atoms with van der Waals surface area (Å²) in [5, 5.41) is 0. The van der Waals surface area contributed by atoms with Crippen LogP contribution >= 0.6 is 0 Å². The average Bonchev–Trinajstić information content (AvgIpc) is 2.54. The van der Waals surface area contributed by atoms with Crippen LogP contribution in [0, 0.1) is 0 Å². The van der Waals surface area contributed by atoms with Crippen molar-refractivity contribution in [1.82, 2.24) is 15.0 Å². The largest absolute Gasteiger partial charge is 0.380 e. The Morgan fingerprint density at radius 1 is 1.77 bits per heavy atom. The van der Waals surface area contributed by atoms with E-state index in [0.717, 1.165) is 5.69 Å². The maximum absolute atomic E-state index is 5.40. The van der Waals surface area contributed by atoms with Crippen molar-refractivity contribution in [3.63, 3.8) is 0 Å². The molecule has 13 heavy (non-hydrogen) atoms. The van der Waals surface area contributed by atoms with E-state index in [-0.39, 0.29) is 6.04 Å². The smallest absolute Gasteiger partial charge is 0.0946 e. The van der Waals surface area contributed by atoms with E-state index in [9.17, 15) is 0 Å². The first-order valence-electron chi connectivity index (χ1n) is 4.29. The van der Waals surface area contributed by atoms with Crippen LogP contribution in [-0.2, 0) is 11.8 Å². The zero-order valence-corrected chi connectivity index (χ0v) is 8.03. The zero-order chi connectivity index (χ0) is 9.68. The van der Waals surface area contributed by atoms with E-state index >= 15 is 0 Å². The molecule has 3 N–H and O–H groups in total. The summed E-state index contributed by atoms with van der Waals surface area (Å²) in [7, 11) is 1.93. The Kier molecular flexibility index (Phi) is 3.88. The van der Waals surface area contributed by atoms with E-state index in [4.69, 9.17) is 10.6 Å². The monoisotopic (exact) mass is 184 g/mol. The Bertz CT molecular complexity index is 248. The molecule has 5 heteroatoms. The van der Waals surface area contributed by atoms with Crippen LogP contribution in [0.25, 0.3) is 0 Å². The van der Waals surface area contributed by atoms with Crippen LogP contribution < -0.4 is 11.3 Å². The Morgan fingerprint density at radius 3 is 3.00 bits per heavy atom. The van der Waals surface area contributed by atoms with Gasteiger partial charge in [0.25, 0.3) is 0 Å². The summed E-state index contributed by atoms with van der Waals surface area (Å²) in [5.74, 6) is 5.40. The summed E-state index contributed by atoms with van der Waals surface area (Å²) < 4.78 is 7.20. The maximum Gasteiger partial charge on any atom is 0.0946 e. The van der Waals surface area contributed by atoms with Gasteiger partial charge in [-0.25, -0.2) is 10.4 Å². The predicted octanol–water partition coefficient (Wildman–Crippen LogP) is -0.0390. The molecule has 0 spiro atoms. The average molecular weight is 184 g/mol.